The van der Waals surface area contributed by atoms with Crippen LogP contribution in [0.25, 0.3) is 17.3 Å². The van der Waals surface area contributed by atoms with E-state index >= 15 is 0 Å². The molecule has 9 nitrogen and oxygen atoms in total. The predicted molar refractivity (Wildman–Crippen MR) is 108 cm³/mol. The highest BCUT2D eigenvalue weighted by Crippen LogP contribution is 2.19. The molecule has 0 atom stereocenters. The average Bonchev–Trinajstić information content (AvgIpc) is 3.38. The minimum atomic E-state index is -0.201. The van der Waals surface area contributed by atoms with E-state index in [0.29, 0.717) is 40.9 Å². The molecule has 4 aromatic rings. The molecule has 0 aliphatic heterocycles. The molecule has 3 heterocycles. The largest absolute Gasteiger partial charge is 0.497 e. The second-order valence-corrected chi connectivity index (χ2v) is 6.64. The van der Waals surface area contributed by atoms with Crippen molar-refractivity contribution >= 4 is 5.91 Å². The molecule has 0 aliphatic rings. The normalized spacial score (nSPS) is 10.8. The third-order valence-electron chi connectivity index (χ3n) is 4.61. The van der Waals surface area contributed by atoms with E-state index < -0.39 is 0 Å². The average molecular weight is 404 g/mol. The van der Waals surface area contributed by atoms with Crippen LogP contribution in [0, 0.1) is 13.8 Å². The van der Waals surface area contributed by atoms with Crippen molar-refractivity contribution in [1.29, 1.82) is 0 Å². The number of carbonyl (C=O) groups is 1. The number of carbonyl (C=O) groups excluding carboxylic acids is 1. The summed E-state index contributed by atoms with van der Waals surface area (Å²) in [7, 11) is 1.62. The van der Waals surface area contributed by atoms with Crippen molar-refractivity contribution in [3.8, 4) is 23.0 Å². The first-order chi connectivity index (χ1) is 14.5. The summed E-state index contributed by atoms with van der Waals surface area (Å²) in [4.78, 5) is 21.2. The molecule has 0 saturated carbocycles. The molecule has 0 spiro atoms. The zero-order valence-electron chi connectivity index (χ0n) is 16.8. The van der Waals surface area contributed by atoms with Gasteiger partial charge in [0.25, 0.3) is 11.8 Å². The van der Waals surface area contributed by atoms with Crippen LogP contribution in [0.1, 0.15) is 27.4 Å². The lowest BCUT2D eigenvalue weighted by molar-refractivity contribution is 0.0950. The van der Waals surface area contributed by atoms with Crippen LogP contribution >= 0.6 is 0 Å². The molecule has 0 bridgehead atoms. The Labute approximate surface area is 172 Å². The number of amides is 1. The summed E-state index contributed by atoms with van der Waals surface area (Å²) in [5.74, 6) is 2.12. The van der Waals surface area contributed by atoms with Gasteiger partial charge in [-0.25, -0.2) is 9.67 Å². The molecule has 0 aliphatic carbocycles. The van der Waals surface area contributed by atoms with E-state index in [1.54, 1.807) is 31.0 Å². The molecule has 30 heavy (non-hydrogen) atoms. The molecule has 0 radical (unpaired) electrons. The zero-order valence-corrected chi connectivity index (χ0v) is 16.8. The Balaban J connectivity index is 1.46. The Bertz CT molecular complexity index is 1160. The molecule has 0 saturated heterocycles. The number of nitrogens with one attached hydrogen (secondary N) is 1. The molecule has 152 valence electrons. The van der Waals surface area contributed by atoms with E-state index in [-0.39, 0.29) is 5.91 Å². The van der Waals surface area contributed by atoms with E-state index in [4.69, 9.17) is 9.26 Å². The zero-order chi connectivity index (χ0) is 21.1. The number of benzene rings is 1. The highest BCUT2D eigenvalue weighted by atomic mass is 16.5. The third kappa shape index (κ3) is 3.90. The van der Waals surface area contributed by atoms with Crippen molar-refractivity contribution in [1.82, 2.24) is 30.2 Å². The number of hydrogen-bond acceptors (Lipinski definition) is 7. The number of pyridine rings is 1. The van der Waals surface area contributed by atoms with E-state index in [9.17, 15) is 4.79 Å². The number of nitrogens with zero attached hydrogens (tertiary/aromatic N) is 5. The Morgan fingerprint density at radius 3 is 2.57 bits per heavy atom. The van der Waals surface area contributed by atoms with Gasteiger partial charge in [-0.05, 0) is 43.7 Å². The lowest BCUT2D eigenvalue weighted by Gasteiger charge is -2.07. The number of aromatic nitrogens is 5. The van der Waals surface area contributed by atoms with Gasteiger partial charge >= 0.3 is 0 Å². The smallest absolute Gasteiger partial charge is 0.259 e. The number of aryl methyl sites for hydroxylation is 1. The van der Waals surface area contributed by atoms with Crippen molar-refractivity contribution in [2.75, 3.05) is 7.11 Å². The maximum Gasteiger partial charge on any atom is 0.259 e. The lowest BCUT2D eigenvalue weighted by Crippen LogP contribution is -2.23. The second-order valence-electron chi connectivity index (χ2n) is 6.64. The Morgan fingerprint density at radius 2 is 1.93 bits per heavy atom. The summed E-state index contributed by atoms with van der Waals surface area (Å²) in [6, 6.07) is 11.1. The highest BCUT2D eigenvalue weighted by molar-refractivity contribution is 5.95. The predicted octanol–water partition coefficient (Wildman–Crippen LogP) is 2.87. The molecular weight excluding hydrogens is 384 g/mol. The van der Waals surface area contributed by atoms with E-state index in [0.717, 1.165) is 11.3 Å². The summed E-state index contributed by atoms with van der Waals surface area (Å²) in [6.07, 6.45) is 3.17. The van der Waals surface area contributed by atoms with Gasteiger partial charge in [0.1, 0.15) is 5.75 Å². The van der Waals surface area contributed by atoms with Crippen LogP contribution < -0.4 is 10.1 Å². The Morgan fingerprint density at radius 1 is 1.13 bits per heavy atom. The van der Waals surface area contributed by atoms with Crippen LogP contribution in [0.15, 0.2) is 53.3 Å². The van der Waals surface area contributed by atoms with Crippen molar-refractivity contribution in [2.45, 2.75) is 20.4 Å². The SMILES string of the molecule is COc1ccc(CNC(=O)c2cnn(-c3ccc(-c4nc(C)no4)cn3)c2C)cc1. The fourth-order valence-corrected chi connectivity index (χ4v) is 2.94. The van der Waals surface area contributed by atoms with Gasteiger partial charge < -0.3 is 14.6 Å². The summed E-state index contributed by atoms with van der Waals surface area (Å²) >= 11 is 0. The van der Waals surface area contributed by atoms with Crippen LogP contribution in [-0.4, -0.2) is 37.9 Å². The molecule has 0 fully saturated rings. The maximum absolute atomic E-state index is 12.6. The van der Waals surface area contributed by atoms with E-state index in [1.165, 1.54) is 6.20 Å². The fraction of sp³-hybridized carbons (Fsp3) is 0.190. The van der Waals surface area contributed by atoms with Gasteiger partial charge in [-0.15, -0.1) is 0 Å². The third-order valence-corrected chi connectivity index (χ3v) is 4.61. The molecule has 0 unspecified atom stereocenters. The standard InChI is InChI=1S/C21H20N6O3/c1-13-18(20(28)23-10-15-4-7-17(29-3)8-5-15)12-24-27(13)19-9-6-16(11-22-19)21-25-14(2)26-30-21/h4-9,11-12H,10H2,1-3H3,(H,23,28). The minimum absolute atomic E-state index is 0.201. The minimum Gasteiger partial charge on any atom is -0.497 e. The van der Waals surface area contributed by atoms with Crippen molar-refractivity contribution in [2.24, 2.45) is 0 Å². The molecule has 4 rings (SSSR count). The van der Waals surface area contributed by atoms with Crippen LogP contribution in [0.4, 0.5) is 0 Å². The number of methoxy groups -OCH3 is 1. The van der Waals surface area contributed by atoms with E-state index in [2.05, 4.69) is 25.5 Å². The van der Waals surface area contributed by atoms with Crippen molar-refractivity contribution in [3.63, 3.8) is 0 Å². The van der Waals surface area contributed by atoms with Gasteiger partial charge in [0.2, 0.25) is 0 Å². The first-order valence-corrected chi connectivity index (χ1v) is 9.28. The molecule has 3 aromatic heterocycles. The van der Waals surface area contributed by atoms with Gasteiger partial charge in [-0.3, -0.25) is 4.79 Å². The molecule has 1 amide bonds. The van der Waals surface area contributed by atoms with Gasteiger partial charge in [0.05, 0.1) is 30.1 Å². The van der Waals surface area contributed by atoms with Gasteiger partial charge in [0, 0.05) is 12.7 Å². The molecule has 1 N–H and O–H groups in total. The van der Waals surface area contributed by atoms with Crippen LogP contribution in [0.5, 0.6) is 5.75 Å². The molecular formula is C21H20N6O3. The van der Waals surface area contributed by atoms with Crippen LogP contribution in [0.3, 0.4) is 0 Å². The first kappa shape index (κ1) is 19.3. The highest BCUT2D eigenvalue weighted by Gasteiger charge is 2.16. The van der Waals surface area contributed by atoms with Gasteiger partial charge in [-0.1, -0.05) is 17.3 Å². The fourth-order valence-electron chi connectivity index (χ4n) is 2.94. The summed E-state index contributed by atoms with van der Waals surface area (Å²) in [5.41, 5.74) is 2.86. The summed E-state index contributed by atoms with van der Waals surface area (Å²) in [5, 5.41) is 11.0. The number of ether oxygens (including phenoxy) is 1. The Kier molecular flexibility index (Phi) is 5.25. The quantitative estimate of drug-likeness (QED) is 0.526. The number of rotatable bonds is 6. The van der Waals surface area contributed by atoms with Crippen molar-refractivity contribution < 1.29 is 14.1 Å². The van der Waals surface area contributed by atoms with Gasteiger partial charge in [-0.2, -0.15) is 10.1 Å². The van der Waals surface area contributed by atoms with E-state index in [1.807, 2.05) is 37.3 Å². The topological polar surface area (TPSA) is 108 Å². The summed E-state index contributed by atoms with van der Waals surface area (Å²) < 4.78 is 11.9. The monoisotopic (exact) mass is 404 g/mol. The number of hydrogen-bond donors (Lipinski definition) is 1. The van der Waals surface area contributed by atoms with Crippen molar-refractivity contribution in [3.05, 3.63) is 71.4 Å². The molecule has 9 heteroatoms. The summed E-state index contributed by atoms with van der Waals surface area (Å²) in [6.45, 7) is 3.99. The van der Waals surface area contributed by atoms with Gasteiger partial charge in [0.15, 0.2) is 11.6 Å². The lowest BCUT2D eigenvalue weighted by atomic mass is 10.2. The Hall–Kier alpha value is -4.01. The molecule has 1 aromatic carbocycles. The second kappa shape index (κ2) is 8.16. The van der Waals surface area contributed by atoms with Crippen LogP contribution in [0.2, 0.25) is 0 Å². The van der Waals surface area contributed by atoms with Crippen LogP contribution in [-0.2, 0) is 6.54 Å². The maximum atomic E-state index is 12.6. The first-order valence-electron chi connectivity index (χ1n) is 9.28.